The first-order valence-electron chi connectivity index (χ1n) is 8.70. The van der Waals surface area contributed by atoms with E-state index in [0.717, 1.165) is 24.2 Å². The van der Waals surface area contributed by atoms with E-state index in [1.54, 1.807) is 23.3 Å². The first kappa shape index (κ1) is 18.4. The van der Waals surface area contributed by atoms with Gasteiger partial charge in [0.25, 0.3) is 0 Å². The maximum atomic E-state index is 12.4. The quantitative estimate of drug-likeness (QED) is 0.757. The summed E-state index contributed by atoms with van der Waals surface area (Å²) >= 11 is 1.65. The van der Waals surface area contributed by atoms with Crippen LogP contribution in [0.3, 0.4) is 0 Å². The minimum Gasteiger partial charge on any atom is -0.495 e. The monoisotopic (exact) mass is 373 g/mol. The van der Waals surface area contributed by atoms with Gasteiger partial charge in [-0.2, -0.15) is 0 Å². The Labute approximate surface area is 157 Å². The number of benzene rings is 1. The summed E-state index contributed by atoms with van der Waals surface area (Å²) in [6.07, 6.45) is 2.01. The molecule has 3 rings (SSSR count). The minimum atomic E-state index is -0.322. The van der Waals surface area contributed by atoms with Crippen LogP contribution in [0.15, 0.2) is 29.8 Å². The van der Waals surface area contributed by atoms with Crippen molar-refractivity contribution in [2.75, 3.05) is 25.1 Å². The first-order chi connectivity index (χ1) is 12.6. The molecule has 2 amide bonds. The van der Waals surface area contributed by atoms with Crippen LogP contribution in [0.4, 0.5) is 5.69 Å². The van der Waals surface area contributed by atoms with Gasteiger partial charge in [0.05, 0.1) is 29.9 Å². The number of ether oxygens (including phenoxy) is 1. The molecule has 2 aromatic rings. The Balaban J connectivity index is 1.51. The number of carbonyl (C=O) groups is 2. The molecule has 0 radical (unpaired) electrons. The van der Waals surface area contributed by atoms with E-state index in [4.69, 9.17) is 4.74 Å². The van der Waals surface area contributed by atoms with Crippen LogP contribution in [0, 0.1) is 12.8 Å². The highest BCUT2D eigenvalue weighted by atomic mass is 32.1. The SMILES string of the molecule is COc1ccccc1N1C[C@H](C(=O)NCCCc2scnc2C)CC1=O. The smallest absolute Gasteiger partial charge is 0.227 e. The Morgan fingerprint density at radius 2 is 2.23 bits per heavy atom. The standard InChI is InChI=1S/C19H23N3O3S/c1-13-17(26-12-21-13)8-5-9-20-19(24)14-10-18(23)22(11-14)15-6-3-4-7-16(15)25-2/h3-4,6-7,12,14H,5,8-11H2,1-2H3,(H,20,24)/t14-/m1/s1. The number of aryl methyl sites for hydroxylation is 2. The largest absolute Gasteiger partial charge is 0.495 e. The topological polar surface area (TPSA) is 71.5 Å². The molecule has 0 spiro atoms. The molecule has 26 heavy (non-hydrogen) atoms. The first-order valence-corrected chi connectivity index (χ1v) is 9.58. The Morgan fingerprint density at radius 3 is 2.96 bits per heavy atom. The van der Waals surface area contributed by atoms with Crippen molar-refractivity contribution < 1.29 is 14.3 Å². The molecule has 0 unspecified atom stereocenters. The van der Waals surface area contributed by atoms with Crippen LogP contribution < -0.4 is 15.0 Å². The van der Waals surface area contributed by atoms with Crippen LogP contribution in [0.25, 0.3) is 0 Å². The Bertz CT molecular complexity index is 790. The number of para-hydroxylation sites is 2. The molecule has 138 valence electrons. The molecular weight excluding hydrogens is 350 g/mol. The van der Waals surface area contributed by atoms with E-state index in [9.17, 15) is 9.59 Å². The molecule has 0 saturated carbocycles. The number of anilines is 1. The summed E-state index contributed by atoms with van der Waals surface area (Å²) in [6.45, 7) is 3.00. The van der Waals surface area contributed by atoms with Gasteiger partial charge in [0, 0.05) is 24.4 Å². The van der Waals surface area contributed by atoms with Crippen LogP contribution in [-0.2, 0) is 16.0 Å². The maximum Gasteiger partial charge on any atom is 0.227 e. The number of hydrogen-bond donors (Lipinski definition) is 1. The molecule has 1 fully saturated rings. The lowest BCUT2D eigenvalue weighted by atomic mass is 10.1. The third kappa shape index (κ3) is 4.04. The van der Waals surface area contributed by atoms with Crippen LogP contribution in [0.1, 0.15) is 23.4 Å². The highest BCUT2D eigenvalue weighted by Crippen LogP contribution is 2.32. The summed E-state index contributed by atoms with van der Waals surface area (Å²) in [7, 11) is 1.58. The van der Waals surface area contributed by atoms with Crippen molar-refractivity contribution in [1.82, 2.24) is 10.3 Å². The molecule has 6 nitrogen and oxygen atoms in total. The van der Waals surface area contributed by atoms with E-state index in [2.05, 4.69) is 10.3 Å². The average Bonchev–Trinajstić information content (AvgIpc) is 3.24. The minimum absolute atomic E-state index is 0.0464. The van der Waals surface area contributed by atoms with E-state index < -0.39 is 0 Å². The van der Waals surface area contributed by atoms with Crippen molar-refractivity contribution in [2.24, 2.45) is 5.92 Å². The summed E-state index contributed by atoms with van der Waals surface area (Å²) in [5.41, 5.74) is 3.63. The van der Waals surface area contributed by atoms with Crippen LogP contribution in [0.5, 0.6) is 5.75 Å². The van der Waals surface area contributed by atoms with Gasteiger partial charge in [0.15, 0.2) is 0 Å². The van der Waals surface area contributed by atoms with Gasteiger partial charge in [-0.05, 0) is 31.9 Å². The molecule has 1 aromatic carbocycles. The predicted octanol–water partition coefficient (Wildman–Crippen LogP) is 2.56. The van der Waals surface area contributed by atoms with Crippen molar-refractivity contribution in [1.29, 1.82) is 0 Å². The van der Waals surface area contributed by atoms with Crippen molar-refractivity contribution >= 4 is 28.8 Å². The fraction of sp³-hybridized carbons (Fsp3) is 0.421. The molecule has 1 aliphatic rings. The van der Waals surface area contributed by atoms with Crippen molar-refractivity contribution in [3.8, 4) is 5.75 Å². The molecule has 0 aliphatic carbocycles. The summed E-state index contributed by atoms with van der Waals surface area (Å²) < 4.78 is 5.33. The molecule has 1 aromatic heterocycles. The molecule has 1 saturated heterocycles. The molecule has 1 N–H and O–H groups in total. The number of nitrogens with zero attached hydrogens (tertiary/aromatic N) is 2. The van der Waals surface area contributed by atoms with Gasteiger partial charge in [0.1, 0.15) is 5.75 Å². The van der Waals surface area contributed by atoms with Gasteiger partial charge in [-0.1, -0.05) is 12.1 Å². The normalized spacial score (nSPS) is 16.8. The number of rotatable bonds is 7. The Hall–Kier alpha value is -2.41. The highest BCUT2D eigenvalue weighted by molar-refractivity contribution is 7.09. The van der Waals surface area contributed by atoms with E-state index in [0.29, 0.717) is 18.8 Å². The van der Waals surface area contributed by atoms with E-state index in [1.165, 1.54) is 4.88 Å². The highest BCUT2D eigenvalue weighted by Gasteiger charge is 2.36. The number of carbonyl (C=O) groups excluding carboxylic acids is 2. The van der Waals surface area contributed by atoms with Crippen LogP contribution in [-0.4, -0.2) is 37.0 Å². The molecular formula is C19H23N3O3S. The number of thiazole rings is 1. The van der Waals surface area contributed by atoms with E-state index in [-0.39, 0.29) is 24.2 Å². The summed E-state index contributed by atoms with van der Waals surface area (Å²) in [5, 5.41) is 2.96. The second-order valence-electron chi connectivity index (χ2n) is 6.33. The fourth-order valence-corrected chi connectivity index (χ4v) is 3.96. The lowest BCUT2D eigenvalue weighted by Gasteiger charge is -2.19. The average molecular weight is 373 g/mol. The van der Waals surface area contributed by atoms with Gasteiger partial charge >= 0.3 is 0 Å². The zero-order valence-corrected chi connectivity index (χ0v) is 15.8. The Morgan fingerprint density at radius 1 is 1.42 bits per heavy atom. The molecule has 1 aliphatic heterocycles. The number of aromatic nitrogens is 1. The second kappa shape index (κ2) is 8.31. The molecule has 1 atom stereocenters. The number of nitrogens with one attached hydrogen (secondary N) is 1. The molecule has 0 bridgehead atoms. The summed E-state index contributed by atoms with van der Waals surface area (Å²) in [4.78, 5) is 31.9. The second-order valence-corrected chi connectivity index (χ2v) is 7.27. The zero-order chi connectivity index (χ0) is 18.5. The Kier molecular flexibility index (Phi) is 5.88. The molecule has 2 heterocycles. The number of methoxy groups -OCH3 is 1. The van der Waals surface area contributed by atoms with Gasteiger partial charge in [0.2, 0.25) is 11.8 Å². The third-order valence-electron chi connectivity index (χ3n) is 4.60. The summed E-state index contributed by atoms with van der Waals surface area (Å²) in [6, 6.07) is 7.38. The van der Waals surface area contributed by atoms with Gasteiger partial charge in [-0.15, -0.1) is 11.3 Å². The van der Waals surface area contributed by atoms with Crippen molar-refractivity contribution in [3.05, 3.63) is 40.3 Å². The van der Waals surface area contributed by atoms with Crippen molar-refractivity contribution in [2.45, 2.75) is 26.2 Å². The van der Waals surface area contributed by atoms with E-state index >= 15 is 0 Å². The van der Waals surface area contributed by atoms with Gasteiger partial charge in [-0.3, -0.25) is 9.59 Å². The predicted molar refractivity (Wildman–Crippen MR) is 102 cm³/mol. The number of amides is 2. The third-order valence-corrected chi connectivity index (χ3v) is 5.59. The zero-order valence-electron chi connectivity index (χ0n) is 15.0. The molecule has 7 heteroatoms. The van der Waals surface area contributed by atoms with E-state index in [1.807, 2.05) is 36.7 Å². The lowest BCUT2D eigenvalue weighted by Crippen LogP contribution is -2.33. The van der Waals surface area contributed by atoms with Gasteiger partial charge in [-0.25, -0.2) is 4.98 Å². The van der Waals surface area contributed by atoms with Crippen LogP contribution >= 0.6 is 11.3 Å². The maximum absolute atomic E-state index is 12.4. The van der Waals surface area contributed by atoms with Crippen LogP contribution in [0.2, 0.25) is 0 Å². The number of hydrogen-bond acceptors (Lipinski definition) is 5. The lowest BCUT2D eigenvalue weighted by molar-refractivity contribution is -0.126. The van der Waals surface area contributed by atoms with Gasteiger partial charge < -0.3 is 15.0 Å². The summed E-state index contributed by atoms with van der Waals surface area (Å²) in [5.74, 6) is 0.214. The fourth-order valence-electron chi connectivity index (χ4n) is 3.14. The van der Waals surface area contributed by atoms with Crippen molar-refractivity contribution in [3.63, 3.8) is 0 Å².